The molecule has 0 saturated heterocycles. The zero-order valence-corrected chi connectivity index (χ0v) is 12.8. The summed E-state index contributed by atoms with van der Waals surface area (Å²) in [4.78, 5) is 3.83. The fourth-order valence-electron chi connectivity index (χ4n) is 1.57. The van der Waals surface area contributed by atoms with Crippen LogP contribution in [0.2, 0.25) is 10.2 Å². The summed E-state index contributed by atoms with van der Waals surface area (Å²) < 4.78 is 38.2. The second-order valence-corrected chi connectivity index (χ2v) is 5.18. The minimum atomic E-state index is -4.50. The van der Waals surface area contributed by atoms with E-state index in [1.807, 2.05) is 0 Å². The number of halogens is 5. The van der Waals surface area contributed by atoms with E-state index in [-0.39, 0.29) is 11.0 Å². The van der Waals surface area contributed by atoms with Crippen LogP contribution in [-0.2, 0) is 6.18 Å². The number of pyridine rings is 1. The van der Waals surface area contributed by atoms with Crippen molar-refractivity contribution in [2.75, 3.05) is 12.1 Å². The van der Waals surface area contributed by atoms with Gasteiger partial charge in [0.05, 0.1) is 11.8 Å². The summed E-state index contributed by atoms with van der Waals surface area (Å²) in [5.41, 5.74) is -0.134. The Morgan fingerprint density at radius 2 is 1.77 bits per heavy atom. The molecule has 22 heavy (non-hydrogen) atoms. The van der Waals surface area contributed by atoms with Crippen LogP contribution in [0.15, 0.2) is 41.5 Å². The average Bonchev–Trinajstić information content (AvgIpc) is 2.45. The maximum Gasteiger partial charge on any atom is 0.416 e. The van der Waals surface area contributed by atoms with Gasteiger partial charge in [-0.1, -0.05) is 35.3 Å². The highest BCUT2D eigenvalue weighted by molar-refractivity contribution is 6.30. The summed E-state index contributed by atoms with van der Waals surface area (Å²) in [6.45, 7) is 0. The second-order valence-electron chi connectivity index (χ2n) is 4.35. The fourth-order valence-corrected chi connectivity index (χ4v) is 1.90. The molecule has 0 radical (unpaired) electrons. The van der Waals surface area contributed by atoms with Crippen molar-refractivity contribution in [2.45, 2.75) is 6.18 Å². The van der Waals surface area contributed by atoms with Gasteiger partial charge in [0.15, 0.2) is 5.82 Å². The Kier molecular flexibility index (Phi) is 4.93. The molecule has 0 aliphatic rings. The number of rotatable bonds is 3. The smallest absolute Gasteiger partial charge is 0.251 e. The molecule has 3 nitrogen and oxygen atoms in total. The minimum absolute atomic E-state index is 0.00922. The molecule has 8 heteroatoms. The van der Waals surface area contributed by atoms with Crippen molar-refractivity contribution >= 4 is 35.2 Å². The third-order valence-corrected chi connectivity index (χ3v) is 3.14. The first-order valence-corrected chi connectivity index (χ1v) is 6.79. The summed E-state index contributed by atoms with van der Waals surface area (Å²) >= 11 is 11.4. The van der Waals surface area contributed by atoms with Crippen molar-refractivity contribution in [3.05, 3.63) is 57.7 Å². The van der Waals surface area contributed by atoms with Crippen LogP contribution in [0, 0.1) is 0 Å². The SMILES string of the molecule is CN(/N=C\c1ccc(Cl)cc1)c1cc(C(F)(F)F)cc(Cl)n1. The lowest BCUT2D eigenvalue weighted by atomic mass is 10.2. The van der Waals surface area contributed by atoms with Crippen molar-refractivity contribution < 1.29 is 13.2 Å². The van der Waals surface area contributed by atoms with E-state index in [4.69, 9.17) is 23.2 Å². The molecule has 0 spiro atoms. The molecule has 0 bridgehead atoms. The van der Waals surface area contributed by atoms with Gasteiger partial charge in [0.2, 0.25) is 0 Å². The molecule has 1 heterocycles. The van der Waals surface area contributed by atoms with Gasteiger partial charge in [-0.2, -0.15) is 18.3 Å². The lowest BCUT2D eigenvalue weighted by Gasteiger charge is -2.14. The lowest BCUT2D eigenvalue weighted by Crippen LogP contribution is -2.13. The van der Waals surface area contributed by atoms with Crippen molar-refractivity contribution in [2.24, 2.45) is 5.10 Å². The molecule has 0 amide bonds. The highest BCUT2D eigenvalue weighted by Crippen LogP contribution is 2.32. The van der Waals surface area contributed by atoms with Gasteiger partial charge in [-0.05, 0) is 29.8 Å². The monoisotopic (exact) mass is 347 g/mol. The number of aromatic nitrogens is 1. The molecule has 116 valence electrons. The second kappa shape index (κ2) is 6.54. The molecule has 1 aromatic heterocycles. The predicted molar refractivity (Wildman–Crippen MR) is 81.7 cm³/mol. The van der Waals surface area contributed by atoms with Gasteiger partial charge in [0.25, 0.3) is 0 Å². The zero-order valence-electron chi connectivity index (χ0n) is 11.3. The highest BCUT2D eigenvalue weighted by atomic mass is 35.5. The largest absolute Gasteiger partial charge is 0.416 e. The summed E-state index contributed by atoms with van der Waals surface area (Å²) in [6.07, 6.45) is -3.02. The maximum atomic E-state index is 12.7. The Bertz CT molecular complexity index is 685. The number of benzene rings is 1. The Hall–Kier alpha value is -1.79. The van der Waals surface area contributed by atoms with Crippen LogP contribution in [0.25, 0.3) is 0 Å². The fraction of sp³-hybridized carbons (Fsp3) is 0.143. The van der Waals surface area contributed by atoms with Gasteiger partial charge in [-0.25, -0.2) is 4.98 Å². The number of hydrazone groups is 1. The first-order chi connectivity index (χ1) is 10.3. The van der Waals surface area contributed by atoms with Crippen molar-refractivity contribution in [3.63, 3.8) is 0 Å². The van der Waals surface area contributed by atoms with Gasteiger partial charge in [0, 0.05) is 12.1 Å². The molecule has 0 saturated carbocycles. The summed E-state index contributed by atoms with van der Waals surface area (Å²) in [5, 5.41) is 5.57. The van der Waals surface area contributed by atoms with E-state index in [0.717, 1.165) is 17.7 Å². The molecule has 0 fully saturated rings. The topological polar surface area (TPSA) is 28.5 Å². The standard InChI is InChI=1S/C14H10Cl2F3N3/c1-22(20-8-9-2-4-11(15)5-3-9)13-7-10(14(17,18)19)6-12(16)21-13/h2-8H,1H3/b20-8-. The van der Waals surface area contributed by atoms with E-state index in [0.29, 0.717) is 5.02 Å². The van der Waals surface area contributed by atoms with Crippen LogP contribution in [0.3, 0.4) is 0 Å². The third-order valence-electron chi connectivity index (χ3n) is 2.69. The molecular formula is C14H10Cl2F3N3. The first kappa shape index (κ1) is 16.6. The Labute approximate surface area is 135 Å². The van der Waals surface area contributed by atoms with Gasteiger partial charge in [-0.3, -0.25) is 5.01 Å². The maximum absolute atomic E-state index is 12.7. The normalized spacial score (nSPS) is 11.9. The summed E-state index contributed by atoms with van der Waals surface area (Å²) in [6, 6.07) is 8.47. The van der Waals surface area contributed by atoms with E-state index in [2.05, 4.69) is 10.1 Å². The zero-order chi connectivity index (χ0) is 16.3. The van der Waals surface area contributed by atoms with Gasteiger partial charge in [0.1, 0.15) is 5.15 Å². The molecule has 0 aliphatic heterocycles. The minimum Gasteiger partial charge on any atom is -0.251 e. The lowest BCUT2D eigenvalue weighted by molar-refractivity contribution is -0.137. The van der Waals surface area contributed by atoms with Crippen molar-refractivity contribution in [1.29, 1.82) is 0 Å². The van der Waals surface area contributed by atoms with Crippen LogP contribution >= 0.6 is 23.2 Å². The number of alkyl halides is 3. The van der Waals surface area contributed by atoms with Crippen molar-refractivity contribution in [3.8, 4) is 0 Å². The number of nitrogens with zero attached hydrogens (tertiary/aromatic N) is 3. The Morgan fingerprint density at radius 1 is 1.14 bits per heavy atom. The third kappa shape index (κ3) is 4.35. The van der Waals surface area contributed by atoms with Crippen LogP contribution in [0.5, 0.6) is 0 Å². The van der Waals surface area contributed by atoms with E-state index in [9.17, 15) is 13.2 Å². The Balaban J connectivity index is 2.24. The van der Waals surface area contributed by atoms with Gasteiger partial charge >= 0.3 is 6.18 Å². The van der Waals surface area contributed by atoms with Crippen LogP contribution in [0.1, 0.15) is 11.1 Å². The number of hydrogen-bond acceptors (Lipinski definition) is 3. The molecule has 2 rings (SSSR count). The number of hydrogen-bond donors (Lipinski definition) is 0. The van der Waals surface area contributed by atoms with Crippen LogP contribution in [-0.4, -0.2) is 18.2 Å². The van der Waals surface area contributed by atoms with E-state index in [1.54, 1.807) is 24.3 Å². The molecule has 2 aromatic rings. The average molecular weight is 348 g/mol. The van der Waals surface area contributed by atoms with E-state index in [1.165, 1.54) is 18.3 Å². The molecule has 0 atom stereocenters. The summed E-state index contributed by atoms with van der Waals surface area (Å²) in [5.74, 6) is -0.00922. The van der Waals surface area contributed by atoms with Gasteiger partial charge < -0.3 is 0 Å². The highest BCUT2D eigenvalue weighted by Gasteiger charge is 2.31. The van der Waals surface area contributed by atoms with Gasteiger partial charge in [-0.15, -0.1) is 0 Å². The molecule has 0 unspecified atom stereocenters. The van der Waals surface area contributed by atoms with Crippen molar-refractivity contribution in [1.82, 2.24) is 4.98 Å². The van der Waals surface area contributed by atoms with Crippen LogP contribution < -0.4 is 5.01 Å². The summed E-state index contributed by atoms with van der Waals surface area (Å²) in [7, 11) is 1.48. The van der Waals surface area contributed by atoms with Crippen LogP contribution in [0.4, 0.5) is 19.0 Å². The first-order valence-electron chi connectivity index (χ1n) is 6.04. The molecule has 1 aromatic carbocycles. The predicted octanol–water partition coefficient (Wildman–Crippen LogP) is 4.88. The molecule has 0 aliphatic carbocycles. The Morgan fingerprint density at radius 3 is 2.36 bits per heavy atom. The molecular weight excluding hydrogens is 338 g/mol. The number of anilines is 1. The van der Waals surface area contributed by atoms with E-state index < -0.39 is 11.7 Å². The van der Waals surface area contributed by atoms with E-state index >= 15 is 0 Å². The molecule has 0 N–H and O–H groups in total. The quantitative estimate of drug-likeness (QED) is 0.449.